The summed E-state index contributed by atoms with van der Waals surface area (Å²) >= 11 is 0. The molecule has 0 spiro atoms. The van der Waals surface area contributed by atoms with E-state index in [0.717, 1.165) is 75.0 Å². The fourth-order valence-electron chi connectivity index (χ4n) is 3.34. The highest BCUT2D eigenvalue weighted by atomic mass is 127. The molecule has 6 nitrogen and oxygen atoms in total. The van der Waals surface area contributed by atoms with Gasteiger partial charge in [-0.2, -0.15) is 0 Å². The molecule has 0 aromatic heterocycles. The molecule has 1 aromatic rings. The number of guanidine groups is 1. The SMILES string of the molecule is CCNC(=NCc1cccc(OC)c1OC1CCCC1)NCCCCOCC.I. The lowest BCUT2D eigenvalue weighted by molar-refractivity contribution is 0.143. The van der Waals surface area contributed by atoms with Crippen molar-refractivity contribution in [2.45, 2.75) is 65.0 Å². The Labute approximate surface area is 193 Å². The molecule has 1 aliphatic rings. The van der Waals surface area contributed by atoms with E-state index in [0.29, 0.717) is 6.54 Å². The quantitative estimate of drug-likeness (QED) is 0.184. The van der Waals surface area contributed by atoms with Gasteiger partial charge in [-0.1, -0.05) is 12.1 Å². The van der Waals surface area contributed by atoms with Crippen molar-refractivity contribution >= 4 is 29.9 Å². The average Bonchev–Trinajstić information content (AvgIpc) is 3.22. The van der Waals surface area contributed by atoms with Crippen LogP contribution in [0.2, 0.25) is 0 Å². The second kappa shape index (κ2) is 15.6. The number of hydrogen-bond acceptors (Lipinski definition) is 4. The number of halogens is 1. The van der Waals surface area contributed by atoms with E-state index in [2.05, 4.69) is 23.6 Å². The summed E-state index contributed by atoms with van der Waals surface area (Å²) in [6.45, 7) is 7.95. The Kier molecular flexibility index (Phi) is 13.9. The molecule has 0 unspecified atom stereocenters. The van der Waals surface area contributed by atoms with Crippen molar-refractivity contribution in [1.29, 1.82) is 0 Å². The van der Waals surface area contributed by atoms with Crippen molar-refractivity contribution in [3.05, 3.63) is 23.8 Å². The van der Waals surface area contributed by atoms with Crippen LogP contribution in [0.3, 0.4) is 0 Å². The third kappa shape index (κ3) is 9.42. The molecule has 0 bridgehead atoms. The molecule has 2 rings (SSSR count). The van der Waals surface area contributed by atoms with E-state index >= 15 is 0 Å². The van der Waals surface area contributed by atoms with Crippen LogP contribution < -0.4 is 20.1 Å². The first kappa shape index (κ1) is 25.8. The van der Waals surface area contributed by atoms with Gasteiger partial charge in [0.1, 0.15) is 0 Å². The number of unbranched alkanes of at least 4 members (excludes halogenated alkanes) is 1. The lowest BCUT2D eigenvalue weighted by Crippen LogP contribution is -2.37. The predicted octanol–water partition coefficient (Wildman–Crippen LogP) is 4.51. The number of aliphatic imine (C=N–C) groups is 1. The lowest BCUT2D eigenvalue weighted by Gasteiger charge is -2.19. The van der Waals surface area contributed by atoms with Gasteiger partial charge in [-0.15, -0.1) is 24.0 Å². The number of benzene rings is 1. The first-order valence-electron chi connectivity index (χ1n) is 10.7. The smallest absolute Gasteiger partial charge is 0.191 e. The Balaban J connectivity index is 0.00000420. The number of rotatable bonds is 12. The molecular weight excluding hydrogens is 481 g/mol. The number of methoxy groups -OCH3 is 1. The van der Waals surface area contributed by atoms with Crippen LogP contribution in [-0.2, 0) is 11.3 Å². The summed E-state index contributed by atoms with van der Waals surface area (Å²) in [5.74, 6) is 2.45. The van der Waals surface area contributed by atoms with Gasteiger partial charge in [0.15, 0.2) is 17.5 Å². The van der Waals surface area contributed by atoms with Crippen molar-refractivity contribution in [3.8, 4) is 11.5 Å². The molecule has 166 valence electrons. The van der Waals surface area contributed by atoms with Gasteiger partial charge in [0.05, 0.1) is 19.8 Å². The number of ether oxygens (including phenoxy) is 3. The summed E-state index contributed by atoms with van der Waals surface area (Å²) in [7, 11) is 1.69. The molecule has 1 fully saturated rings. The topological polar surface area (TPSA) is 64.1 Å². The zero-order valence-electron chi connectivity index (χ0n) is 18.2. The fourth-order valence-corrected chi connectivity index (χ4v) is 3.34. The minimum absolute atomic E-state index is 0. The summed E-state index contributed by atoms with van der Waals surface area (Å²) in [5.41, 5.74) is 1.06. The minimum Gasteiger partial charge on any atom is -0.493 e. The Morgan fingerprint density at radius 2 is 1.93 bits per heavy atom. The Morgan fingerprint density at radius 3 is 2.62 bits per heavy atom. The van der Waals surface area contributed by atoms with Crippen LogP contribution in [0, 0.1) is 0 Å². The average molecular weight is 519 g/mol. The molecule has 0 heterocycles. The summed E-state index contributed by atoms with van der Waals surface area (Å²) in [5, 5.41) is 6.71. The van der Waals surface area contributed by atoms with E-state index in [-0.39, 0.29) is 30.1 Å². The Morgan fingerprint density at radius 1 is 1.14 bits per heavy atom. The summed E-state index contributed by atoms with van der Waals surface area (Å²) < 4.78 is 17.2. The van der Waals surface area contributed by atoms with Gasteiger partial charge in [0, 0.05) is 31.9 Å². The fraction of sp³-hybridized carbons (Fsp3) is 0.682. The number of hydrogen-bond donors (Lipinski definition) is 2. The minimum atomic E-state index is 0. The first-order chi connectivity index (χ1) is 13.8. The van der Waals surface area contributed by atoms with E-state index in [4.69, 9.17) is 19.2 Å². The molecule has 0 saturated heterocycles. The van der Waals surface area contributed by atoms with Gasteiger partial charge >= 0.3 is 0 Å². The number of nitrogens with zero attached hydrogens (tertiary/aromatic N) is 1. The van der Waals surface area contributed by atoms with Gasteiger partial charge in [0.25, 0.3) is 0 Å². The Hall–Kier alpha value is -1.22. The lowest BCUT2D eigenvalue weighted by atomic mass is 10.1. The van der Waals surface area contributed by atoms with Gasteiger partial charge in [0.2, 0.25) is 0 Å². The van der Waals surface area contributed by atoms with Crippen LogP contribution in [0.4, 0.5) is 0 Å². The van der Waals surface area contributed by atoms with E-state index in [1.54, 1.807) is 7.11 Å². The third-order valence-corrected chi connectivity index (χ3v) is 4.83. The second-order valence-electron chi connectivity index (χ2n) is 7.00. The second-order valence-corrected chi connectivity index (χ2v) is 7.00. The zero-order chi connectivity index (χ0) is 20.0. The van der Waals surface area contributed by atoms with Crippen LogP contribution in [0.15, 0.2) is 23.2 Å². The van der Waals surface area contributed by atoms with Gasteiger partial charge in [-0.25, -0.2) is 4.99 Å². The molecule has 0 atom stereocenters. The Bertz CT molecular complexity index is 593. The van der Waals surface area contributed by atoms with Crippen molar-refractivity contribution in [3.63, 3.8) is 0 Å². The molecule has 1 saturated carbocycles. The number of nitrogens with one attached hydrogen (secondary N) is 2. The highest BCUT2D eigenvalue weighted by molar-refractivity contribution is 14.0. The summed E-state index contributed by atoms with van der Waals surface area (Å²) in [4.78, 5) is 4.76. The van der Waals surface area contributed by atoms with Crippen LogP contribution in [0.25, 0.3) is 0 Å². The summed E-state index contributed by atoms with van der Waals surface area (Å²) in [6, 6.07) is 6.03. The van der Waals surface area contributed by atoms with Crippen LogP contribution in [-0.4, -0.2) is 45.5 Å². The van der Waals surface area contributed by atoms with E-state index < -0.39 is 0 Å². The maximum absolute atomic E-state index is 6.31. The molecule has 1 aliphatic carbocycles. The molecule has 1 aromatic carbocycles. The molecule has 0 amide bonds. The molecule has 29 heavy (non-hydrogen) atoms. The molecule has 0 radical (unpaired) electrons. The highest BCUT2D eigenvalue weighted by Gasteiger charge is 2.20. The van der Waals surface area contributed by atoms with Gasteiger partial charge < -0.3 is 24.8 Å². The zero-order valence-corrected chi connectivity index (χ0v) is 20.5. The van der Waals surface area contributed by atoms with Crippen molar-refractivity contribution < 1.29 is 14.2 Å². The largest absolute Gasteiger partial charge is 0.493 e. The molecule has 2 N–H and O–H groups in total. The molecule has 0 aliphatic heterocycles. The van der Waals surface area contributed by atoms with Gasteiger partial charge in [-0.3, -0.25) is 0 Å². The maximum atomic E-state index is 6.31. The van der Waals surface area contributed by atoms with Crippen molar-refractivity contribution in [2.75, 3.05) is 33.4 Å². The maximum Gasteiger partial charge on any atom is 0.191 e. The normalized spacial score (nSPS) is 14.4. The van der Waals surface area contributed by atoms with Crippen LogP contribution in [0.5, 0.6) is 11.5 Å². The highest BCUT2D eigenvalue weighted by Crippen LogP contribution is 2.35. The van der Waals surface area contributed by atoms with E-state index in [9.17, 15) is 0 Å². The van der Waals surface area contributed by atoms with Crippen molar-refractivity contribution in [1.82, 2.24) is 10.6 Å². The van der Waals surface area contributed by atoms with Gasteiger partial charge in [-0.05, 0) is 58.4 Å². The van der Waals surface area contributed by atoms with E-state index in [1.807, 2.05) is 19.1 Å². The monoisotopic (exact) mass is 519 g/mol. The van der Waals surface area contributed by atoms with Crippen molar-refractivity contribution in [2.24, 2.45) is 4.99 Å². The van der Waals surface area contributed by atoms with Crippen LogP contribution in [0.1, 0.15) is 57.9 Å². The summed E-state index contributed by atoms with van der Waals surface area (Å²) in [6.07, 6.45) is 7.11. The predicted molar refractivity (Wildman–Crippen MR) is 130 cm³/mol. The first-order valence-corrected chi connectivity index (χ1v) is 10.7. The number of para-hydroxylation sites is 1. The third-order valence-electron chi connectivity index (χ3n) is 4.83. The molecule has 7 heteroatoms. The molecular formula is C22H38IN3O3. The van der Waals surface area contributed by atoms with Crippen LogP contribution >= 0.6 is 24.0 Å². The standard InChI is InChI=1S/C22H37N3O3.HI/c1-4-23-22(24-15-8-9-16-27-5-2)25-17-18-11-10-14-20(26-3)21(18)28-19-12-6-7-13-19;/h10-11,14,19H,4-9,12-13,15-17H2,1-3H3,(H2,23,24,25);1H. The van der Waals surface area contributed by atoms with E-state index in [1.165, 1.54) is 12.8 Å².